The molecule has 0 bridgehead atoms. The highest BCUT2D eigenvalue weighted by atomic mass is 32.2. The van der Waals surface area contributed by atoms with Crippen LogP contribution in [0.5, 0.6) is 0 Å². The zero-order chi connectivity index (χ0) is 10.0. The monoisotopic (exact) mass is 213 g/mol. The lowest BCUT2D eigenvalue weighted by atomic mass is 10.1. The molecule has 2 aliphatic rings. The van der Waals surface area contributed by atoms with Crippen molar-refractivity contribution in [1.29, 1.82) is 0 Å². The fourth-order valence-electron chi connectivity index (χ4n) is 1.91. The number of nitrogens with zero attached hydrogens (tertiary/aromatic N) is 1. The lowest BCUT2D eigenvalue weighted by molar-refractivity contribution is 0.585. The Bertz CT molecular complexity index is 234. The van der Waals surface area contributed by atoms with Crippen LogP contribution < -0.4 is 10.6 Å². The Labute approximate surface area is 90.1 Å². The third-order valence-corrected chi connectivity index (χ3v) is 4.37. The predicted molar refractivity (Wildman–Crippen MR) is 63.0 cm³/mol. The molecule has 2 heterocycles. The number of hydrogen-bond acceptors (Lipinski definition) is 4. The Kier molecular flexibility index (Phi) is 2.91. The van der Waals surface area contributed by atoms with Gasteiger partial charge in [0.25, 0.3) is 0 Å². The van der Waals surface area contributed by atoms with Crippen LogP contribution in [0.2, 0.25) is 0 Å². The molecule has 3 nitrogen and oxygen atoms in total. The smallest absolute Gasteiger partial charge is 0.191 e. The Morgan fingerprint density at radius 2 is 2.57 bits per heavy atom. The third kappa shape index (κ3) is 2.35. The first-order valence-corrected chi connectivity index (χ1v) is 6.35. The van der Waals surface area contributed by atoms with E-state index in [1.165, 1.54) is 18.6 Å². The lowest BCUT2D eigenvalue weighted by Gasteiger charge is -2.23. The van der Waals surface area contributed by atoms with E-state index >= 15 is 0 Å². The van der Waals surface area contributed by atoms with Gasteiger partial charge in [0.15, 0.2) is 5.96 Å². The molecule has 0 aromatic carbocycles. The van der Waals surface area contributed by atoms with Crippen LogP contribution in [-0.4, -0.2) is 35.6 Å². The minimum Gasteiger partial charge on any atom is -0.355 e. The Balaban J connectivity index is 1.77. The molecule has 0 aromatic heterocycles. The normalized spacial score (nSPS) is 36.7. The van der Waals surface area contributed by atoms with Crippen molar-refractivity contribution in [3.05, 3.63) is 0 Å². The van der Waals surface area contributed by atoms with Gasteiger partial charge in [0.2, 0.25) is 0 Å². The van der Waals surface area contributed by atoms with Gasteiger partial charge in [-0.15, -0.1) is 0 Å². The summed E-state index contributed by atoms with van der Waals surface area (Å²) in [6.45, 7) is 6.45. The molecule has 0 spiro atoms. The van der Waals surface area contributed by atoms with Gasteiger partial charge in [0.1, 0.15) is 0 Å². The van der Waals surface area contributed by atoms with E-state index in [0.717, 1.165) is 19.0 Å². The van der Waals surface area contributed by atoms with Crippen LogP contribution in [0.25, 0.3) is 0 Å². The first-order chi connectivity index (χ1) is 6.68. The summed E-state index contributed by atoms with van der Waals surface area (Å²) in [5.74, 6) is 2.31. The molecule has 0 aromatic rings. The van der Waals surface area contributed by atoms with E-state index in [4.69, 9.17) is 0 Å². The van der Waals surface area contributed by atoms with Gasteiger partial charge in [-0.2, -0.15) is 11.8 Å². The van der Waals surface area contributed by atoms with Crippen LogP contribution in [0.4, 0.5) is 0 Å². The average molecular weight is 213 g/mol. The van der Waals surface area contributed by atoms with Gasteiger partial charge in [-0.05, 0) is 32.4 Å². The first-order valence-electron chi connectivity index (χ1n) is 5.37. The summed E-state index contributed by atoms with van der Waals surface area (Å²) in [5.41, 5.74) is 0. The highest BCUT2D eigenvalue weighted by Gasteiger charge is 2.29. The van der Waals surface area contributed by atoms with Gasteiger partial charge >= 0.3 is 0 Å². The maximum Gasteiger partial charge on any atom is 0.191 e. The Morgan fingerprint density at radius 3 is 3.14 bits per heavy atom. The number of nitrogens with one attached hydrogen (secondary N) is 2. The molecule has 0 amide bonds. The molecular formula is C10H19N3S. The van der Waals surface area contributed by atoms with Gasteiger partial charge in [-0.25, -0.2) is 0 Å². The van der Waals surface area contributed by atoms with Crippen molar-refractivity contribution in [2.45, 2.75) is 37.5 Å². The van der Waals surface area contributed by atoms with Gasteiger partial charge in [-0.3, -0.25) is 4.99 Å². The minimum absolute atomic E-state index is 0.427. The van der Waals surface area contributed by atoms with Crippen molar-refractivity contribution in [2.24, 2.45) is 4.99 Å². The summed E-state index contributed by atoms with van der Waals surface area (Å²) < 4.78 is 0.427. The van der Waals surface area contributed by atoms with E-state index in [1.807, 2.05) is 0 Å². The molecule has 0 aliphatic carbocycles. The van der Waals surface area contributed by atoms with Crippen molar-refractivity contribution in [1.82, 2.24) is 10.6 Å². The van der Waals surface area contributed by atoms with E-state index in [2.05, 4.69) is 41.2 Å². The highest BCUT2D eigenvalue weighted by Crippen LogP contribution is 2.36. The van der Waals surface area contributed by atoms with Crippen molar-refractivity contribution < 1.29 is 0 Å². The van der Waals surface area contributed by atoms with E-state index < -0.39 is 0 Å². The molecular weight excluding hydrogens is 194 g/mol. The van der Waals surface area contributed by atoms with Gasteiger partial charge < -0.3 is 10.6 Å². The molecule has 2 aliphatic heterocycles. The minimum atomic E-state index is 0.427. The van der Waals surface area contributed by atoms with Crippen molar-refractivity contribution >= 4 is 17.7 Å². The first kappa shape index (κ1) is 10.1. The molecule has 2 atom stereocenters. The number of hydrogen-bond donors (Lipinski definition) is 2. The predicted octanol–water partition coefficient (Wildman–Crippen LogP) is 1.21. The zero-order valence-electron chi connectivity index (χ0n) is 8.97. The van der Waals surface area contributed by atoms with Crippen LogP contribution in [0.15, 0.2) is 4.99 Å². The van der Waals surface area contributed by atoms with Crippen LogP contribution in [0.3, 0.4) is 0 Å². The second kappa shape index (κ2) is 4.01. The number of thioether (sulfide) groups is 1. The molecule has 4 heteroatoms. The molecule has 1 fully saturated rings. The van der Waals surface area contributed by atoms with E-state index in [1.54, 1.807) is 0 Å². The Morgan fingerprint density at radius 1 is 1.71 bits per heavy atom. The number of aliphatic imine (C=N–C) groups is 1. The summed E-state index contributed by atoms with van der Waals surface area (Å²) >= 11 is 2.08. The van der Waals surface area contributed by atoms with Crippen molar-refractivity contribution in [3.63, 3.8) is 0 Å². The van der Waals surface area contributed by atoms with E-state index in [-0.39, 0.29) is 0 Å². The second-order valence-corrected chi connectivity index (χ2v) is 6.17. The van der Waals surface area contributed by atoms with E-state index in [0.29, 0.717) is 10.8 Å². The van der Waals surface area contributed by atoms with Crippen LogP contribution in [0.1, 0.15) is 26.7 Å². The van der Waals surface area contributed by atoms with E-state index in [9.17, 15) is 0 Å². The summed E-state index contributed by atoms with van der Waals surface area (Å²) in [6, 6.07) is 0.501. The molecule has 14 heavy (non-hydrogen) atoms. The topological polar surface area (TPSA) is 36.4 Å². The molecule has 1 saturated heterocycles. The maximum absolute atomic E-state index is 4.39. The Hall–Kier alpha value is -0.380. The van der Waals surface area contributed by atoms with Gasteiger partial charge in [0.05, 0.1) is 6.54 Å². The molecule has 0 radical (unpaired) electrons. The summed E-state index contributed by atoms with van der Waals surface area (Å²) in [5, 5.41) is 6.74. The molecule has 2 rings (SSSR count). The van der Waals surface area contributed by atoms with Crippen LogP contribution in [-0.2, 0) is 0 Å². The lowest BCUT2D eigenvalue weighted by Crippen LogP contribution is -2.43. The number of rotatable bonds is 2. The molecule has 2 N–H and O–H groups in total. The quantitative estimate of drug-likeness (QED) is 0.724. The van der Waals surface area contributed by atoms with Crippen molar-refractivity contribution in [2.75, 3.05) is 18.8 Å². The largest absolute Gasteiger partial charge is 0.355 e. The zero-order valence-corrected chi connectivity index (χ0v) is 9.78. The van der Waals surface area contributed by atoms with Crippen LogP contribution in [0, 0.1) is 0 Å². The summed E-state index contributed by atoms with van der Waals surface area (Å²) in [6.07, 6.45) is 2.69. The fourth-order valence-corrected chi connectivity index (χ4v) is 3.15. The van der Waals surface area contributed by atoms with Gasteiger partial charge in [0, 0.05) is 17.3 Å². The van der Waals surface area contributed by atoms with Crippen molar-refractivity contribution in [3.8, 4) is 0 Å². The molecule has 80 valence electrons. The summed E-state index contributed by atoms with van der Waals surface area (Å²) in [4.78, 5) is 4.39. The summed E-state index contributed by atoms with van der Waals surface area (Å²) in [7, 11) is 0. The third-order valence-electron chi connectivity index (χ3n) is 2.84. The maximum atomic E-state index is 4.39. The number of guanidine groups is 1. The second-order valence-electron chi connectivity index (χ2n) is 4.49. The highest BCUT2D eigenvalue weighted by molar-refractivity contribution is 8.00. The molecule has 0 saturated carbocycles. The fraction of sp³-hybridized carbons (Fsp3) is 0.900. The molecule has 2 unspecified atom stereocenters. The average Bonchev–Trinajstić information content (AvgIpc) is 2.73. The standard InChI is InChI=1S/C10H19N3S/c1-8-6-11-9(13-8)12-7-10(2)4-3-5-14-10/h8H,3-7H2,1-2H3,(H2,11,12,13). The van der Waals surface area contributed by atoms with Gasteiger partial charge in [-0.1, -0.05) is 0 Å². The SMILES string of the molecule is CC1CN=C(NCC2(C)CCCS2)N1. The van der Waals surface area contributed by atoms with Crippen LogP contribution >= 0.6 is 11.8 Å².